The van der Waals surface area contributed by atoms with Crippen molar-refractivity contribution in [2.45, 2.75) is 38.5 Å². The second-order valence-electron chi connectivity index (χ2n) is 6.10. The topological polar surface area (TPSA) is 55.6 Å². The SMILES string of the molecule is COc1cccc(N(C)C(=O)CC2(CN)CCCCC2)c1. The number of hydrogen-bond donors (Lipinski definition) is 1. The summed E-state index contributed by atoms with van der Waals surface area (Å²) in [4.78, 5) is 14.3. The van der Waals surface area contributed by atoms with Crippen molar-refractivity contribution in [2.75, 3.05) is 25.6 Å². The molecule has 0 saturated heterocycles. The van der Waals surface area contributed by atoms with E-state index < -0.39 is 0 Å². The smallest absolute Gasteiger partial charge is 0.227 e. The molecule has 1 aliphatic rings. The monoisotopic (exact) mass is 290 g/mol. The van der Waals surface area contributed by atoms with Gasteiger partial charge in [-0.25, -0.2) is 0 Å². The predicted molar refractivity (Wildman–Crippen MR) is 85.6 cm³/mol. The van der Waals surface area contributed by atoms with E-state index >= 15 is 0 Å². The molecule has 0 radical (unpaired) electrons. The zero-order chi connectivity index (χ0) is 15.3. The van der Waals surface area contributed by atoms with Crippen LogP contribution in [0, 0.1) is 5.41 Å². The summed E-state index contributed by atoms with van der Waals surface area (Å²) < 4.78 is 5.22. The Hall–Kier alpha value is -1.55. The molecule has 0 heterocycles. The number of benzene rings is 1. The molecule has 2 rings (SSSR count). The van der Waals surface area contributed by atoms with Crippen LogP contribution in [0.1, 0.15) is 38.5 Å². The van der Waals surface area contributed by atoms with Crippen LogP contribution in [-0.2, 0) is 4.79 Å². The second-order valence-corrected chi connectivity index (χ2v) is 6.10. The predicted octanol–water partition coefficient (Wildman–Crippen LogP) is 2.96. The molecule has 0 aromatic heterocycles. The van der Waals surface area contributed by atoms with Gasteiger partial charge in [-0.15, -0.1) is 0 Å². The Bertz CT molecular complexity index is 481. The minimum Gasteiger partial charge on any atom is -0.497 e. The number of anilines is 1. The van der Waals surface area contributed by atoms with Gasteiger partial charge in [-0.2, -0.15) is 0 Å². The van der Waals surface area contributed by atoms with Crippen molar-refractivity contribution < 1.29 is 9.53 Å². The summed E-state index contributed by atoms with van der Waals surface area (Å²) in [7, 11) is 3.45. The molecule has 1 aromatic carbocycles. The maximum absolute atomic E-state index is 12.6. The van der Waals surface area contributed by atoms with Crippen LogP contribution in [0.25, 0.3) is 0 Å². The molecule has 21 heavy (non-hydrogen) atoms. The van der Waals surface area contributed by atoms with Crippen LogP contribution in [0.2, 0.25) is 0 Å². The fourth-order valence-electron chi connectivity index (χ4n) is 3.16. The van der Waals surface area contributed by atoms with Gasteiger partial charge in [0.1, 0.15) is 5.75 Å². The third-order valence-corrected chi connectivity index (χ3v) is 4.69. The van der Waals surface area contributed by atoms with Crippen molar-refractivity contribution in [3.05, 3.63) is 24.3 Å². The summed E-state index contributed by atoms with van der Waals surface area (Å²) in [5.74, 6) is 0.897. The molecule has 2 N–H and O–H groups in total. The molecule has 1 fully saturated rings. The third kappa shape index (κ3) is 3.76. The first kappa shape index (κ1) is 15.8. The number of rotatable bonds is 5. The number of ether oxygens (including phenoxy) is 1. The molecule has 0 atom stereocenters. The molecule has 0 aliphatic heterocycles. The minimum atomic E-state index is 0.00244. The summed E-state index contributed by atoms with van der Waals surface area (Å²) in [6, 6.07) is 7.59. The van der Waals surface area contributed by atoms with Crippen molar-refractivity contribution in [3.8, 4) is 5.75 Å². The van der Waals surface area contributed by atoms with Crippen LogP contribution in [0.15, 0.2) is 24.3 Å². The Morgan fingerprint density at radius 3 is 2.67 bits per heavy atom. The van der Waals surface area contributed by atoms with E-state index in [1.807, 2.05) is 31.3 Å². The average molecular weight is 290 g/mol. The molecule has 4 nitrogen and oxygen atoms in total. The Morgan fingerprint density at radius 1 is 1.33 bits per heavy atom. The van der Waals surface area contributed by atoms with Crippen LogP contribution in [0.5, 0.6) is 5.75 Å². The summed E-state index contributed by atoms with van der Waals surface area (Å²) in [5, 5.41) is 0. The van der Waals surface area contributed by atoms with Crippen LogP contribution in [0.3, 0.4) is 0 Å². The first-order valence-electron chi connectivity index (χ1n) is 7.71. The number of carbonyl (C=O) groups excluding carboxylic acids is 1. The first-order valence-corrected chi connectivity index (χ1v) is 7.71. The molecule has 0 bridgehead atoms. The molecule has 0 spiro atoms. The van der Waals surface area contributed by atoms with E-state index in [1.165, 1.54) is 19.3 Å². The quantitative estimate of drug-likeness (QED) is 0.907. The van der Waals surface area contributed by atoms with Crippen LogP contribution in [-0.4, -0.2) is 26.6 Å². The third-order valence-electron chi connectivity index (χ3n) is 4.69. The van der Waals surface area contributed by atoms with Crippen LogP contribution >= 0.6 is 0 Å². The van der Waals surface area contributed by atoms with Gasteiger partial charge in [0.2, 0.25) is 5.91 Å². The number of methoxy groups -OCH3 is 1. The van der Waals surface area contributed by atoms with E-state index in [9.17, 15) is 4.79 Å². The molecule has 1 aliphatic carbocycles. The highest BCUT2D eigenvalue weighted by Crippen LogP contribution is 2.39. The largest absolute Gasteiger partial charge is 0.497 e. The second kappa shape index (κ2) is 6.94. The maximum atomic E-state index is 12.6. The Morgan fingerprint density at radius 2 is 2.05 bits per heavy atom. The fourth-order valence-corrected chi connectivity index (χ4v) is 3.16. The fraction of sp³-hybridized carbons (Fsp3) is 0.588. The highest BCUT2D eigenvalue weighted by molar-refractivity contribution is 5.93. The molecule has 1 saturated carbocycles. The van der Waals surface area contributed by atoms with Gasteiger partial charge in [0, 0.05) is 25.2 Å². The van der Waals surface area contributed by atoms with E-state index in [0.717, 1.165) is 24.3 Å². The number of hydrogen-bond acceptors (Lipinski definition) is 3. The lowest BCUT2D eigenvalue weighted by molar-refractivity contribution is -0.121. The van der Waals surface area contributed by atoms with E-state index in [-0.39, 0.29) is 11.3 Å². The number of amides is 1. The van der Waals surface area contributed by atoms with Crippen molar-refractivity contribution >= 4 is 11.6 Å². The van der Waals surface area contributed by atoms with E-state index in [4.69, 9.17) is 10.5 Å². The van der Waals surface area contributed by atoms with Gasteiger partial charge in [0.25, 0.3) is 0 Å². The van der Waals surface area contributed by atoms with E-state index in [1.54, 1.807) is 12.0 Å². The standard InChI is InChI=1S/C17H26N2O2/c1-19(14-7-6-8-15(11-14)21-2)16(20)12-17(13-18)9-4-3-5-10-17/h6-8,11H,3-5,9-10,12-13,18H2,1-2H3. The average Bonchev–Trinajstić information content (AvgIpc) is 2.55. The van der Waals surface area contributed by atoms with Gasteiger partial charge in [-0.1, -0.05) is 25.3 Å². The molecule has 1 aromatic rings. The van der Waals surface area contributed by atoms with Gasteiger partial charge in [-0.05, 0) is 36.9 Å². The number of nitrogens with two attached hydrogens (primary N) is 1. The Balaban J connectivity index is 2.07. The van der Waals surface area contributed by atoms with Crippen molar-refractivity contribution in [1.82, 2.24) is 0 Å². The van der Waals surface area contributed by atoms with Gasteiger partial charge < -0.3 is 15.4 Å². The van der Waals surface area contributed by atoms with Crippen LogP contribution in [0.4, 0.5) is 5.69 Å². The molecule has 4 heteroatoms. The molecule has 0 unspecified atom stereocenters. The van der Waals surface area contributed by atoms with Gasteiger partial charge in [0.05, 0.1) is 7.11 Å². The zero-order valence-corrected chi connectivity index (χ0v) is 13.1. The van der Waals surface area contributed by atoms with Crippen molar-refractivity contribution in [1.29, 1.82) is 0 Å². The molecule has 1 amide bonds. The summed E-state index contributed by atoms with van der Waals surface area (Å²) in [6.07, 6.45) is 6.32. The number of carbonyl (C=O) groups is 1. The lowest BCUT2D eigenvalue weighted by atomic mass is 9.71. The van der Waals surface area contributed by atoms with Crippen LogP contribution < -0.4 is 15.4 Å². The van der Waals surface area contributed by atoms with Crippen molar-refractivity contribution in [3.63, 3.8) is 0 Å². The Labute approximate surface area is 127 Å². The van der Waals surface area contributed by atoms with Gasteiger partial charge in [-0.3, -0.25) is 4.79 Å². The lowest BCUT2D eigenvalue weighted by Gasteiger charge is -2.36. The highest BCUT2D eigenvalue weighted by atomic mass is 16.5. The Kier molecular flexibility index (Phi) is 5.23. The zero-order valence-electron chi connectivity index (χ0n) is 13.1. The van der Waals surface area contributed by atoms with Crippen molar-refractivity contribution in [2.24, 2.45) is 11.1 Å². The maximum Gasteiger partial charge on any atom is 0.227 e. The lowest BCUT2D eigenvalue weighted by Crippen LogP contribution is -2.39. The molecular weight excluding hydrogens is 264 g/mol. The highest BCUT2D eigenvalue weighted by Gasteiger charge is 2.34. The summed E-state index contributed by atoms with van der Waals surface area (Å²) in [5.41, 5.74) is 6.85. The number of nitrogens with zero attached hydrogens (tertiary/aromatic N) is 1. The summed E-state index contributed by atoms with van der Waals surface area (Å²) >= 11 is 0. The van der Waals surface area contributed by atoms with Gasteiger partial charge >= 0.3 is 0 Å². The molecule has 116 valence electrons. The van der Waals surface area contributed by atoms with E-state index in [2.05, 4.69) is 0 Å². The van der Waals surface area contributed by atoms with E-state index in [0.29, 0.717) is 13.0 Å². The normalized spacial score (nSPS) is 17.3. The van der Waals surface area contributed by atoms with Gasteiger partial charge in [0.15, 0.2) is 0 Å². The molecular formula is C17H26N2O2. The minimum absolute atomic E-state index is 0.00244. The summed E-state index contributed by atoms with van der Waals surface area (Å²) in [6.45, 7) is 0.602. The first-order chi connectivity index (χ1) is 10.1.